The first-order valence-electron chi connectivity index (χ1n) is 7.84. The number of benzene rings is 1. The van der Waals surface area contributed by atoms with Crippen LogP contribution in [0.5, 0.6) is 0 Å². The van der Waals surface area contributed by atoms with Gasteiger partial charge in [-0.15, -0.1) is 21.5 Å². The lowest BCUT2D eigenvalue weighted by Gasteiger charge is -2.06. The van der Waals surface area contributed by atoms with Gasteiger partial charge < -0.3 is 9.55 Å². The van der Waals surface area contributed by atoms with E-state index in [9.17, 15) is 4.79 Å². The molecule has 1 N–H and O–H groups in total. The minimum Gasteiger partial charge on any atom is -0.309 e. The van der Waals surface area contributed by atoms with Crippen LogP contribution >= 0.6 is 23.1 Å². The van der Waals surface area contributed by atoms with Gasteiger partial charge in [0.15, 0.2) is 11.0 Å². The first kappa shape index (κ1) is 16.0. The lowest BCUT2D eigenvalue weighted by atomic mass is 10.2. The standard InChI is InChI=1S/C17H15N5OS2/c1-2-22-15(13-8-5-9-24-13)20-21-17(22)25-10-14-18-12-7-4-3-6-11(12)16(23)19-14/h3-9H,2,10H2,1H3,(H,18,19,23). The molecule has 0 aliphatic heterocycles. The minimum atomic E-state index is -0.113. The molecule has 126 valence electrons. The summed E-state index contributed by atoms with van der Waals surface area (Å²) in [5, 5.41) is 12.1. The fraction of sp³-hybridized carbons (Fsp3) is 0.176. The van der Waals surface area contributed by atoms with E-state index in [0.717, 1.165) is 22.4 Å². The van der Waals surface area contributed by atoms with E-state index in [1.807, 2.05) is 35.7 Å². The van der Waals surface area contributed by atoms with Crippen molar-refractivity contribution in [3.63, 3.8) is 0 Å². The van der Waals surface area contributed by atoms with Crippen LogP contribution < -0.4 is 5.56 Å². The molecule has 0 saturated carbocycles. The van der Waals surface area contributed by atoms with Gasteiger partial charge in [0.05, 0.1) is 21.5 Å². The van der Waals surface area contributed by atoms with E-state index in [2.05, 4.69) is 31.7 Å². The van der Waals surface area contributed by atoms with Crippen molar-refractivity contribution in [3.05, 3.63) is 58.0 Å². The maximum absolute atomic E-state index is 12.2. The van der Waals surface area contributed by atoms with Crippen LogP contribution in [0, 0.1) is 0 Å². The van der Waals surface area contributed by atoms with Crippen molar-refractivity contribution in [1.29, 1.82) is 0 Å². The highest BCUT2D eigenvalue weighted by atomic mass is 32.2. The van der Waals surface area contributed by atoms with Gasteiger partial charge in [0, 0.05) is 6.54 Å². The second-order valence-electron chi connectivity index (χ2n) is 5.35. The summed E-state index contributed by atoms with van der Waals surface area (Å²) in [4.78, 5) is 20.6. The van der Waals surface area contributed by atoms with E-state index < -0.39 is 0 Å². The van der Waals surface area contributed by atoms with Crippen molar-refractivity contribution in [2.45, 2.75) is 24.4 Å². The molecular weight excluding hydrogens is 354 g/mol. The Morgan fingerprint density at radius 3 is 2.88 bits per heavy atom. The van der Waals surface area contributed by atoms with E-state index in [4.69, 9.17) is 0 Å². The molecule has 4 rings (SSSR count). The van der Waals surface area contributed by atoms with Gasteiger partial charge in [0.2, 0.25) is 0 Å². The van der Waals surface area contributed by atoms with Crippen LogP contribution in [0.15, 0.2) is 51.7 Å². The topological polar surface area (TPSA) is 76.5 Å². The fourth-order valence-electron chi connectivity index (χ4n) is 2.60. The van der Waals surface area contributed by atoms with Gasteiger partial charge in [-0.3, -0.25) is 4.79 Å². The zero-order valence-electron chi connectivity index (χ0n) is 13.5. The number of hydrogen-bond donors (Lipinski definition) is 1. The number of rotatable bonds is 5. The van der Waals surface area contributed by atoms with Crippen molar-refractivity contribution in [3.8, 4) is 10.7 Å². The van der Waals surface area contributed by atoms with Gasteiger partial charge in [-0.2, -0.15) is 0 Å². The Kier molecular flexibility index (Phi) is 4.37. The van der Waals surface area contributed by atoms with Crippen LogP contribution in [0.2, 0.25) is 0 Å². The Bertz CT molecular complexity index is 1070. The largest absolute Gasteiger partial charge is 0.309 e. The van der Waals surface area contributed by atoms with Crippen molar-refractivity contribution < 1.29 is 0 Å². The number of H-pyrrole nitrogens is 1. The molecule has 0 amide bonds. The van der Waals surface area contributed by atoms with Crippen LogP contribution in [0.25, 0.3) is 21.6 Å². The lowest BCUT2D eigenvalue weighted by molar-refractivity contribution is 0.687. The van der Waals surface area contributed by atoms with Crippen molar-refractivity contribution in [2.24, 2.45) is 0 Å². The highest BCUT2D eigenvalue weighted by molar-refractivity contribution is 7.98. The number of para-hydroxylation sites is 1. The van der Waals surface area contributed by atoms with Gasteiger partial charge in [-0.25, -0.2) is 4.98 Å². The quantitative estimate of drug-likeness (QED) is 0.544. The lowest BCUT2D eigenvalue weighted by Crippen LogP contribution is -2.11. The van der Waals surface area contributed by atoms with Crippen LogP contribution in [-0.2, 0) is 12.3 Å². The number of nitrogens with zero attached hydrogens (tertiary/aromatic N) is 4. The summed E-state index contributed by atoms with van der Waals surface area (Å²) in [5.74, 6) is 2.04. The molecule has 0 bridgehead atoms. The summed E-state index contributed by atoms with van der Waals surface area (Å²) in [6.07, 6.45) is 0. The number of hydrogen-bond acceptors (Lipinski definition) is 6. The van der Waals surface area contributed by atoms with Crippen molar-refractivity contribution in [1.82, 2.24) is 24.7 Å². The average Bonchev–Trinajstić information content (AvgIpc) is 3.29. The van der Waals surface area contributed by atoms with Crippen LogP contribution in [0.3, 0.4) is 0 Å². The predicted molar refractivity (Wildman–Crippen MR) is 101 cm³/mol. The first-order chi connectivity index (χ1) is 12.3. The fourth-order valence-corrected chi connectivity index (χ4v) is 4.19. The predicted octanol–water partition coefficient (Wildman–Crippen LogP) is 3.56. The van der Waals surface area contributed by atoms with E-state index in [-0.39, 0.29) is 5.56 Å². The Hall–Kier alpha value is -2.45. The maximum Gasteiger partial charge on any atom is 0.258 e. The molecule has 6 nitrogen and oxygen atoms in total. The first-order valence-corrected chi connectivity index (χ1v) is 9.70. The molecular formula is C17H15N5OS2. The van der Waals surface area contributed by atoms with Crippen molar-refractivity contribution in [2.75, 3.05) is 0 Å². The van der Waals surface area contributed by atoms with Gasteiger partial charge in [-0.1, -0.05) is 30.0 Å². The third kappa shape index (κ3) is 3.10. The summed E-state index contributed by atoms with van der Waals surface area (Å²) in [6, 6.07) is 11.4. The van der Waals surface area contributed by atoms with E-state index in [1.165, 1.54) is 11.8 Å². The maximum atomic E-state index is 12.2. The second-order valence-corrected chi connectivity index (χ2v) is 7.24. The Labute approximate surface area is 152 Å². The highest BCUT2D eigenvalue weighted by Crippen LogP contribution is 2.28. The highest BCUT2D eigenvalue weighted by Gasteiger charge is 2.14. The third-order valence-corrected chi connectivity index (χ3v) is 5.62. The molecule has 0 radical (unpaired) electrons. The number of aromatic amines is 1. The molecule has 0 aliphatic rings. The molecule has 0 fully saturated rings. The normalized spacial score (nSPS) is 11.2. The number of fused-ring (bicyclic) bond motifs is 1. The SMILES string of the molecule is CCn1c(SCc2nc3ccccc3c(=O)[nH]2)nnc1-c1cccs1. The molecule has 0 aliphatic carbocycles. The number of nitrogens with one attached hydrogen (secondary N) is 1. The minimum absolute atomic E-state index is 0.113. The molecule has 3 aromatic heterocycles. The number of aromatic nitrogens is 5. The smallest absolute Gasteiger partial charge is 0.258 e. The Balaban J connectivity index is 1.61. The molecule has 1 aromatic carbocycles. The van der Waals surface area contributed by atoms with E-state index in [0.29, 0.717) is 22.5 Å². The van der Waals surface area contributed by atoms with E-state index >= 15 is 0 Å². The number of thioether (sulfide) groups is 1. The second kappa shape index (κ2) is 6.81. The van der Waals surface area contributed by atoms with Gasteiger partial charge in [0.1, 0.15) is 5.82 Å². The number of thiophene rings is 1. The molecule has 0 spiro atoms. The summed E-state index contributed by atoms with van der Waals surface area (Å²) >= 11 is 3.17. The molecule has 4 aromatic rings. The van der Waals surface area contributed by atoms with Crippen LogP contribution in [0.1, 0.15) is 12.7 Å². The Morgan fingerprint density at radius 1 is 1.20 bits per heavy atom. The van der Waals surface area contributed by atoms with Gasteiger partial charge in [-0.05, 0) is 30.5 Å². The third-order valence-electron chi connectivity index (χ3n) is 3.77. The van der Waals surface area contributed by atoms with Crippen molar-refractivity contribution >= 4 is 34.0 Å². The molecule has 8 heteroatoms. The monoisotopic (exact) mass is 369 g/mol. The van der Waals surface area contributed by atoms with Crippen LogP contribution in [-0.4, -0.2) is 24.7 Å². The zero-order chi connectivity index (χ0) is 17.2. The summed E-state index contributed by atoms with van der Waals surface area (Å²) in [5.41, 5.74) is 0.593. The molecule has 3 heterocycles. The van der Waals surface area contributed by atoms with E-state index in [1.54, 1.807) is 17.4 Å². The Morgan fingerprint density at radius 2 is 2.08 bits per heavy atom. The molecule has 0 saturated heterocycles. The zero-order valence-corrected chi connectivity index (χ0v) is 15.1. The van der Waals surface area contributed by atoms with Crippen LogP contribution in [0.4, 0.5) is 0 Å². The molecule has 25 heavy (non-hydrogen) atoms. The molecule has 0 unspecified atom stereocenters. The average molecular weight is 369 g/mol. The summed E-state index contributed by atoms with van der Waals surface area (Å²) in [6.45, 7) is 2.85. The summed E-state index contributed by atoms with van der Waals surface area (Å²) < 4.78 is 2.08. The summed E-state index contributed by atoms with van der Waals surface area (Å²) in [7, 11) is 0. The van der Waals surface area contributed by atoms with Gasteiger partial charge >= 0.3 is 0 Å². The molecule has 0 atom stereocenters. The van der Waals surface area contributed by atoms with Gasteiger partial charge in [0.25, 0.3) is 5.56 Å².